The molecule has 0 N–H and O–H groups in total. The first-order chi connectivity index (χ1) is 11.7. The van der Waals surface area contributed by atoms with Crippen LogP contribution in [0.1, 0.15) is 97.3 Å². The molecule has 0 saturated heterocycles. The molecule has 0 radical (unpaired) electrons. The van der Waals surface area contributed by atoms with Crippen LogP contribution in [0.4, 0.5) is 0 Å². The van der Waals surface area contributed by atoms with E-state index in [4.69, 9.17) is 4.74 Å². The molecule has 0 unspecified atom stereocenters. The van der Waals surface area contributed by atoms with Gasteiger partial charge in [-0.05, 0) is 62.7 Å². The van der Waals surface area contributed by atoms with Gasteiger partial charge in [0.1, 0.15) is 6.10 Å². The minimum Gasteiger partial charge on any atom is -0.459 e. The second-order valence-electron chi connectivity index (χ2n) is 8.06. The highest BCUT2D eigenvalue weighted by molar-refractivity contribution is 5.82. The third kappa shape index (κ3) is 6.61. The van der Waals surface area contributed by atoms with Crippen LogP contribution in [0.15, 0.2) is 12.2 Å². The summed E-state index contributed by atoms with van der Waals surface area (Å²) in [7, 11) is 0. The molecule has 2 fully saturated rings. The number of hydrogen-bond acceptors (Lipinski definition) is 2. The van der Waals surface area contributed by atoms with Gasteiger partial charge < -0.3 is 4.74 Å². The van der Waals surface area contributed by atoms with Gasteiger partial charge in [-0.3, -0.25) is 0 Å². The summed E-state index contributed by atoms with van der Waals surface area (Å²) < 4.78 is 5.58. The Labute approximate surface area is 149 Å². The van der Waals surface area contributed by atoms with Crippen LogP contribution in [0.2, 0.25) is 0 Å². The van der Waals surface area contributed by atoms with Crippen LogP contribution >= 0.6 is 0 Å². The Kier molecular flexibility index (Phi) is 8.91. The van der Waals surface area contributed by atoms with Crippen molar-refractivity contribution in [3.05, 3.63) is 12.2 Å². The van der Waals surface area contributed by atoms with Gasteiger partial charge in [0.05, 0.1) is 0 Å². The van der Waals surface area contributed by atoms with Gasteiger partial charge in [0, 0.05) is 6.08 Å². The molecular weight excluding hydrogens is 296 g/mol. The number of ether oxygens (including phenoxy) is 1. The minimum absolute atomic E-state index is 0.145. The Morgan fingerprint density at radius 3 is 2.12 bits per heavy atom. The molecule has 2 aliphatic carbocycles. The predicted molar refractivity (Wildman–Crippen MR) is 101 cm³/mol. The van der Waals surface area contributed by atoms with E-state index in [-0.39, 0.29) is 12.1 Å². The van der Waals surface area contributed by atoms with Crippen molar-refractivity contribution < 1.29 is 9.53 Å². The molecule has 0 aromatic rings. The lowest BCUT2D eigenvalue weighted by Gasteiger charge is -2.37. The lowest BCUT2D eigenvalue weighted by atomic mass is 9.70. The van der Waals surface area contributed by atoms with Crippen LogP contribution in [0, 0.1) is 17.8 Å². The summed E-state index contributed by atoms with van der Waals surface area (Å²) in [6.45, 7) is 4.33. The molecule has 138 valence electrons. The van der Waals surface area contributed by atoms with Crippen LogP contribution in [0.3, 0.4) is 0 Å². The minimum atomic E-state index is -0.145. The zero-order valence-corrected chi connectivity index (χ0v) is 16.0. The van der Waals surface area contributed by atoms with E-state index in [1.165, 1.54) is 64.2 Å². The molecule has 2 aliphatic rings. The average Bonchev–Trinajstić information content (AvgIpc) is 2.61. The van der Waals surface area contributed by atoms with E-state index >= 15 is 0 Å². The highest BCUT2D eigenvalue weighted by atomic mass is 16.5. The fourth-order valence-electron chi connectivity index (χ4n) is 4.73. The van der Waals surface area contributed by atoms with Crippen molar-refractivity contribution >= 4 is 5.97 Å². The maximum absolute atomic E-state index is 11.7. The standard InChI is InChI=1S/C22H38O2/c1-3-5-7-8-18-10-12-19(13-11-18)20-14-16-21(17-15-20)24-22(23)9-6-4-2/h6,9,18-21H,3-5,7-8,10-17H2,1-2H3. The topological polar surface area (TPSA) is 26.3 Å². The molecule has 2 nitrogen and oxygen atoms in total. The van der Waals surface area contributed by atoms with Gasteiger partial charge in [0.15, 0.2) is 0 Å². The molecule has 2 saturated carbocycles. The van der Waals surface area contributed by atoms with Crippen molar-refractivity contribution in [1.82, 2.24) is 0 Å². The highest BCUT2D eigenvalue weighted by Gasteiger charge is 2.31. The predicted octanol–water partition coefficient (Wildman–Crippen LogP) is 6.44. The molecule has 0 amide bonds. The molecule has 0 aromatic carbocycles. The van der Waals surface area contributed by atoms with Gasteiger partial charge in [-0.2, -0.15) is 0 Å². The molecule has 0 heterocycles. The fourth-order valence-corrected chi connectivity index (χ4v) is 4.73. The number of carbonyl (C=O) groups excluding carboxylic acids is 1. The lowest BCUT2D eigenvalue weighted by Crippen LogP contribution is -2.29. The summed E-state index contributed by atoms with van der Waals surface area (Å²) in [5, 5.41) is 0. The lowest BCUT2D eigenvalue weighted by molar-refractivity contribution is -0.145. The van der Waals surface area contributed by atoms with Crippen LogP contribution in [0.5, 0.6) is 0 Å². The van der Waals surface area contributed by atoms with Gasteiger partial charge in [-0.25, -0.2) is 4.79 Å². The average molecular weight is 335 g/mol. The summed E-state index contributed by atoms with van der Waals surface area (Å²) in [4.78, 5) is 11.7. The SMILES string of the molecule is CCC=CC(=O)OC1CCC(C2CCC(CCCCC)CC2)CC1. The Bertz CT molecular complexity index is 371. The number of hydrogen-bond donors (Lipinski definition) is 0. The van der Waals surface area contributed by atoms with Crippen LogP contribution < -0.4 is 0 Å². The number of unbranched alkanes of at least 4 members (excludes halogenated alkanes) is 2. The van der Waals surface area contributed by atoms with Crippen molar-refractivity contribution in [2.24, 2.45) is 17.8 Å². The molecule has 2 rings (SSSR count). The monoisotopic (exact) mass is 334 g/mol. The van der Waals surface area contributed by atoms with E-state index < -0.39 is 0 Å². The Morgan fingerprint density at radius 2 is 1.54 bits per heavy atom. The van der Waals surface area contributed by atoms with E-state index in [1.807, 2.05) is 13.0 Å². The van der Waals surface area contributed by atoms with Crippen molar-refractivity contribution in [3.63, 3.8) is 0 Å². The maximum atomic E-state index is 11.7. The Balaban J connectivity index is 1.63. The number of esters is 1. The van der Waals surface area contributed by atoms with E-state index in [2.05, 4.69) is 6.92 Å². The fraction of sp³-hybridized carbons (Fsp3) is 0.864. The zero-order valence-electron chi connectivity index (χ0n) is 16.0. The second kappa shape index (κ2) is 10.9. The molecule has 0 atom stereocenters. The third-order valence-electron chi connectivity index (χ3n) is 6.27. The first-order valence-electron chi connectivity index (χ1n) is 10.6. The first kappa shape index (κ1) is 19.5. The Morgan fingerprint density at radius 1 is 0.917 bits per heavy atom. The van der Waals surface area contributed by atoms with Gasteiger partial charge in [-0.15, -0.1) is 0 Å². The summed E-state index contributed by atoms with van der Waals surface area (Å²) in [5.74, 6) is 2.70. The van der Waals surface area contributed by atoms with Crippen molar-refractivity contribution in [3.8, 4) is 0 Å². The van der Waals surface area contributed by atoms with Crippen molar-refractivity contribution in [1.29, 1.82) is 0 Å². The number of allylic oxidation sites excluding steroid dienone is 1. The molecule has 0 aromatic heterocycles. The van der Waals surface area contributed by atoms with Gasteiger partial charge in [-0.1, -0.05) is 58.4 Å². The summed E-state index contributed by atoms with van der Waals surface area (Å²) in [6, 6.07) is 0. The molecule has 0 bridgehead atoms. The first-order valence-corrected chi connectivity index (χ1v) is 10.6. The smallest absolute Gasteiger partial charge is 0.330 e. The molecule has 0 aliphatic heterocycles. The molecule has 2 heteroatoms. The van der Waals surface area contributed by atoms with Crippen LogP contribution in [-0.2, 0) is 9.53 Å². The second-order valence-corrected chi connectivity index (χ2v) is 8.06. The molecule has 0 spiro atoms. The van der Waals surface area contributed by atoms with Crippen LogP contribution in [0.25, 0.3) is 0 Å². The third-order valence-corrected chi connectivity index (χ3v) is 6.27. The maximum Gasteiger partial charge on any atom is 0.330 e. The van der Waals surface area contributed by atoms with Gasteiger partial charge in [0.25, 0.3) is 0 Å². The summed E-state index contributed by atoms with van der Waals surface area (Å²) in [5.41, 5.74) is 0. The summed E-state index contributed by atoms with van der Waals surface area (Å²) in [6.07, 6.45) is 20.7. The van der Waals surface area contributed by atoms with Crippen molar-refractivity contribution in [2.45, 2.75) is 103 Å². The molecule has 24 heavy (non-hydrogen) atoms. The van der Waals surface area contributed by atoms with E-state index in [1.54, 1.807) is 6.08 Å². The van der Waals surface area contributed by atoms with E-state index in [0.717, 1.165) is 37.0 Å². The van der Waals surface area contributed by atoms with Gasteiger partial charge in [0.2, 0.25) is 0 Å². The summed E-state index contributed by atoms with van der Waals surface area (Å²) >= 11 is 0. The number of rotatable bonds is 8. The number of carbonyl (C=O) groups is 1. The van der Waals surface area contributed by atoms with E-state index in [0.29, 0.717) is 0 Å². The van der Waals surface area contributed by atoms with Crippen LogP contribution in [-0.4, -0.2) is 12.1 Å². The Hall–Kier alpha value is -0.790. The normalized spacial score (nSPS) is 31.2. The zero-order chi connectivity index (χ0) is 17.2. The molecular formula is C22H38O2. The van der Waals surface area contributed by atoms with Crippen molar-refractivity contribution in [2.75, 3.05) is 0 Å². The van der Waals surface area contributed by atoms with Gasteiger partial charge >= 0.3 is 5.97 Å². The quantitative estimate of drug-likeness (QED) is 0.290. The largest absolute Gasteiger partial charge is 0.459 e. The highest BCUT2D eigenvalue weighted by Crippen LogP contribution is 2.41. The van der Waals surface area contributed by atoms with E-state index in [9.17, 15) is 4.79 Å².